The zero-order chi connectivity index (χ0) is 11.4. The van der Waals surface area contributed by atoms with E-state index < -0.39 is 0 Å². The van der Waals surface area contributed by atoms with Crippen molar-refractivity contribution >= 4 is 6.29 Å². The van der Waals surface area contributed by atoms with Crippen LogP contribution in [0.2, 0.25) is 0 Å². The first-order valence-electron chi connectivity index (χ1n) is 5.01. The summed E-state index contributed by atoms with van der Waals surface area (Å²) in [6, 6.07) is 11.1. The van der Waals surface area contributed by atoms with Gasteiger partial charge in [0.1, 0.15) is 18.1 Å². The van der Waals surface area contributed by atoms with E-state index in [0.717, 1.165) is 11.3 Å². The Morgan fingerprint density at radius 3 is 2.88 bits per heavy atom. The van der Waals surface area contributed by atoms with Gasteiger partial charge in [-0.1, -0.05) is 12.1 Å². The first-order chi connectivity index (χ1) is 7.78. The lowest BCUT2D eigenvalue weighted by Crippen LogP contribution is -1.93. The van der Waals surface area contributed by atoms with E-state index in [4.69, 9.17) is 9.15 Å². The highest BCUT2D eigenvalue weighted by Gasteiger charge is 2.01. The zero-order valence-corrected chi connectivity index (χ0v) is 8.97. The summed E-state index contributed by atoms with van der Waals surface area (Å²) in [4.78, 5) is 10.4. The number of ether oxygens (including phenoxy) is 1. The number of carbonyl (C=O) groups excluding carboxylic acids is 1. The quantitative estimate of drug-likeness (QED) is 0.737. The lowest BCUT2D eigenvalue weighted by molar-refractivity contribution is 0.109. The van der Waals surface area contributed by atoms with Crippen LogP contribution in [0.4, 0.5) is 0 Å². The summed E-state index contributed by atoms with van der Waals surface area (Å²) in [5, 5.41) is 0. The minimum atomic E-state index is 0.322. The summed E-state index contributed by atoms with van der Waals surface area (Å²) in [5.74, 6) is 1.76. The van der Waals surface area contributed by atoms with Crippen molar-refractivity contribution in [3.63, 3.8) is 0 Å². The van der Waals surface area contributed by atoms with Gasteiger partial charge in [0.05, 0.1) is 0 Å². The highest BCUT2D eigenvalue weighted by molar-refractivity contribution is 5.70. The van der Waals surface area contributed by atoms with Gasteiger partial charge < -0.3 is 9.15 Å². The maximum Gasteiger partial charge on any atom is 0.185 e. The number of carbonyl (C=O) groups is 1. The summed E-state index contributed by atoms with van der Waals surface area (Å²) in [7, 11) is 0. The molecule has 0 saturated carbocycles. The zero-order valence-electron chi connectivity index (χ0n) is 8.97. The van der Waals surface area contributed by atoms with Gasteiger partial charge in [-0.15, -0.1) is 0 Å². The molecule has 0 aliphatic carbocycles. The fourth-order valence-corrected chi connectivity index (χ4v) is 1.40. The molecule has 0 fully saturated rings. The second-order valence-electron chi connectivity index (χ2n) is 3.53. The molecule has 0 amide bonds. The first-order valence-corrected chi connectivity index (χ1v) is 5.01. The first kappa shape index (κ1) is 10.5. The van der Waals surface area contributed by atoms with Crippen LogP contribution >= 0.6 is 0 Å². The Labute approximate surface area is 93.7 Å². The standard InChI is InChI=1S/C13H12O3/c1-10-3-2-4-11(7-10)15-9-13-6-5-12(8-14)16-13/h2-8H,9H2,1H3. The Hall–Kier alpha value is -2.03. The van der Waals surface area contributed by atoms with Gasteiger partial charge in [0, 0.05) is 0 Å². The summed E-state index contributed by atoms with van der Waals surface area (Å²) >= 11 is 0. The monoisotopic (exact) mass is 216 g/mol. The number of furan rings is 1. The second kappa shape index (κ2) is 4.66. The van der Waals surface area contributed by atoms with E-state index in [2.05, 4.69) is 0 Å². The molecule has 0 aliphatic heterocycles. The molecule has 2 rings (SSSR count). The van der Waals surface area contributed by atoms with Gasteiger partial charge in [-0.05, 0) is 36.8 Å². The highest BCUT2D eigenvalue weighted by atomic mass is 16.5. The van der Waals surface area contributed by atoms with E-state index in [0.29, 0.717) is 24.4 Å². The van der Waals surface area contributed by atoms with Crippen molar-refractivity contribution in [2.75, 3.05) is 0 Å². The minimum absolute atomic E-state index is 0.322. The molecule has 3 heteroatoms. The van der Waals surface area contributed by atoms with Crippen molar-refractivity contribution in [3.8, 4) is 5.75 Å². The molecule has 82 valence electrons. The summed E-state index contributed by atoms with van der Waals surface area (Å²) < 4.78 is 10.7. The van der Waals surface area contributed by atoms with Crippen molar-refractivity contribution in [2.24, 2.45) is 0 Å². The summed E-state index contributed by atoms with van der Waals surface area (Å²) in [6.45, 7) is 2.33. The predicted octanol–water partition coefficient (Wildman–Crippen LogP) is 2.98. The summed E-state index contributed by atoms with van der Waals surface area (Å²) in [6.07, 6.45) is 0.677. The van der Waals surface area contributed by atoms with Crippen LogP contribution in [0.3, 0.4) is 0 Å². The molecule has 0 atom stereocenters. The lowest BCUT2D eigenvalue weighted by atomic mass is 10.2. The molecule has 1 heterocycles. The van der Waals surface area contributed by atoms with Crippen molar-refractivity contribution in [2.45, 2.75) is 13.5 Å². The van der Waals surface area contributed by atoms with Crippen LogP contribution in [0.5, 0.6) is 5.75 Å². The van der Waals surface area contributed by atoms with Gasteiger partial charge in [-0.2, -0.15) is 0 Å². The van der Waals surface area contributed by atoms with E-state index in [9.17, 15) is 4.79 Å². The van der Waals surface area contributed by atoms with Gasteiger partial charge in [-0.25, -0.2) is 0 Å². The van der Waals surface area contributed by atoms with Gasteiger partial charge >= 0.3 is 0 Å². The number of aryl methyl sites for hydroxylation is 1. The molecule has 0 spiro atoms. The molecular formula is C13H12O3. The maximum atomic E-state index is 10.4. The number of rotatable bonds is 4. The minimum Gasteiger partial charge on any atom is -0.486 e. The van der Waals surface area contributed by atoms with Crippen LogP contribution in [-0.4, -0.2) is 6.29 Å². The van der Waals surface area contributed by atoms with Gasteiger partial charge in [0.15, 0.2) is 12.0 Å². The van der Waals surface area contributed by atoms with Crippen molar-refractivity contribution in [1.29, 1.82) is 0 Å². The number of hydrogen-bond acceptors (Lipinski definition) is 3. The van der Waals surface area contributed by atoms with E-state index in [-0.39, 0.29) is 0 Å². The Balaban J connectivity index is 1.99. The molecule has 2 aromatic rings. The molecule has 0 N–H and O–H groups in total. The van der Waals surface area contributed by atoms with E-state index in [1.807, 2.05) is 31.2 Å². The Kier molecular flexibility index (Phi) is 3.05. The van der Waals surface area contributed by atoms with E-state index in [1.165, 1.54) is 0 Å². The fourth-order valence-electron chi connectivity index (χ4n) is 1.40. The largest absolute Gasteiger partial charge is 0.486 e. The van der Waals surface area contributed by atoms with Crippen LogP contribution < -0.4 is 4.74 Å². The molecule has 16 heavy (non-hydrogen) atoms. The lowest BCUT2D eigenvalue weighted by Gasteiger charge is -2.04. The third-order valence-electron chi connectivity index (χ3n) is 2.17. The van der Waals surface area contributed by atoms with Crippen molar-refractivity contribution in [1.82, 2.24) is 0 Å². The van der Waals surface area contributed by atoms with Crippen molar-refractivity contribution in [3.05, 3.63) is 53.5 Å². The van der Waals surface area contributed by atoms with Gasteiger partial charge in [0.25, 0.3) is 0 Å². The molecule has 1 aromatic heterocycles. The van der Waals surface area contributed by atoms with E-state index >= 15 is 0 Å². The van der Waals surface area contributed by atoms with Crippen molar-refractivity contribution < 1.29 is 13.9 Å². The second-order valence-corrected chi connectivity index (χ2v) is 3.53. The number of benzene rings is 1. The molecule has 0 saturated heterocycles. The van der Waals surface area contributed by atoms with Gasteiger partial charge in [-0.3, -0.25) is 4.79 Å². The van der Waals surface area contributed by atoms with E-state index in [1.54, 1.807) is 12.1 Å². The summed E-state index contributed by atoms with van der Waals surface area (Å²) in [5.41, 5.74) is 1.14. The normalized spacial score (nSPS) is 10.1. The average Bonchev–Trinajstić information content (AvgIpc) is 2.74. The van der Waals surface area contributed by atoms with Crippen LogP contribution in [0.1, 0.15) is 21.9 Å². The SMILES string of the molecule is Cc1cccc(OCc2ccc(C=O)o2)c1. The van der Waals surface area contributed by atoms with Crippen LogP contribution in [-0.2, 0) is 6.61 Å². The average molecular weight is 216 g/mol. The molecule has 0 aliphatic rings. The predicted molar refractivity (Wildman–Crippen MR) is 59.6 cm³/mol. The maximum absolute atomic E-state index is 10.4. The molecule has 0 unspecified atom stereocenters. The molecular weight excluding hydrogens is 204 g/mol. The van der Waals surface area contributed by atoms with Crippen LogP contribution in [0, 0.1) is 6.92 Å². The molecule has 0 radical (unpaired) electrons. The van der Waals surface area contributed by atoms with Gasteiger partial charge in [0.2, 0.25) is 0 Å². The third kappa shape index (κ3) is 2.51. The fraction of sp³-hybridized carbons (Fsp3) is 0.154. The smallest absolute Gasteiger partial charge is 0.185 e. The third-order valence-corrected chi connectivity index (χ3v) is 2.17. The Morgan fingerprint density at radius 2 is 2.19 bits per heavy atom. The van der Waals surface area contributed by atoms with Crippen LogP contribution in [0.25, 0.3) is 0 Å². The number of hydrogen-bond donors (Lipinski definition) is 0. The number of aldehydes is 1. The highest BCUT2D eigenvalue weighted by Crippen LogP contribution is 2.15. The molecule has 0 bridgehead atoms. The molecule has 1 aromatic carbocycles. The van der Waals surface area contributed by atoms with Crippen LogP contribution in [0.15, 0.2) is 40.8 Å². The Bertz CT molecular complexity index is 485. The topological polar surface area (TPSA) is 39.4 Å². The Morgan fingerprint density at radius 1 is 1.31 bits per heavy atom. The molecule has 3 nitrogen and oxygen atoms in total.